The number of aromatic nitrogens is 2. The summed E-state index contributed by atoms with van der Waals surface area (Å²) in [6.45, 7) is 3.07. The van der Waals surface area contributed by atoms with E-state index in [-0.39, 0.29) is 6.54 Å². The van der Waals surface area contributed by atoms with Crippen molar-refractivity contribution in [1.29, 1.82) is 0 Å². The molecule has 0 spiro atoms. The molecule has 0 aliphatic carbocycles. The molecule has 1 heterocycles. The lowest BCUT2D eigenvalue weighted by molar-refractivity contribution is 0.0469. The molecule has 0 bridgehead atoms. The van der Waals surface area contributed by atoms with Crippen LogP contribution in [0.3, 0.4) is 0 Å². The van der Waals surface area contributed by atoms with Gasteiger partial charge in [0.2, 0.25) is 5.89 Å². The summed E-state index contributed by atoms with van der Waals surface area (Å²) in [5.74, 6) is 0.942. The molecule has 0 aliphatic rings. The van der Waals surface area contributed by atoms with E-state index in [1.165, 1.54) is 0 Å². The van der Waals surface area contributed by atoms with E-state index in [2.05, 4.69) is 10.1 Å². The second-order valence-electron chi connectivity index (χ2n) is 3.32. The van der Waals surface area contributed by atoms with Gasteiger partial charge in [-0.25, -0.2) is 0 Å². The maximum absolute atomic E-state index is 5.35. The first kappa shape index (κ1) is 14.0. The lowest BCUT2D eigenvalue weighted by Gasteiger charge is -2.03. The third-order valence-electron chi connectivity index (χ3n) is 1.93. The van der Waals surface area contributed by atoms with Gasteiger partial charge in [0.25, 0.3) is 0 Å². The van der Waals surface area contributed by atoms with Crippen LogP contribution in [0.1, 0.15) is 18.1 Å². The minimum absolute atomic E-state index is 0.250. The molecular weight excluding hydrogens is 226 g/mol. The molecule has 2 N–H and O–H groups in total. The standard InChI is InChI=1S/C10H19N3O4/c1-14-5-6-15-3-2-4-16-8-9-12-10(7-11)17-13-9/h2-8,11H2,1H3. The Morgan fingerprint density at radius 3 is 2.71 bits per heavy atom. The summed E-state index contributed by atoms with van der Waals surface area (Å²) in [6.07, 6.45) is 0.825. The highest BCUT2D eigenvalue weighted by atomic mass is 16.5. The molecule has 7 nitrogen and oxygen atoms in total. The fourth-order valence-electron chi connectivity index (χ4n) is 1.10. The molecule has 0 amide bonds. The molecule has 0 saturated carbocycles. The summed E-state index contributed by atoms with van der Waals surface area (Å²) in [5, 5.41) is 3.71. The number of methoxy groups -OCH3 is 1. The maximum atomic E-state index is 5.35. The first-order chi connectivity index (χ1) is 8.36. The Morgan fingerprint density at radius 1 is 1.18 bits per heavy atom. The van der Waals surface area contributed by atoms with E-state index in [0.29, 0.717) is 44.7 Å². The highest BCUT2D eigenvalue weighted by Gasteiger charge is 2.03. The van der Waals surface area contributed by atoms with Crippen LogP contribution >= 0.6 is 0 Å². The smallest absolute Gasteiger partial charge is 0.240 e. The van der Waals surface area contributed by atoms with E-state index >= 15 is 0 Å². The molecule has 0 aliphatic heterocycles. The predicted octanol–water partition coefficient (Wildman–Crippen LogP) is 0.0980. The van der Waals surface area contributed by atoms with Crippen molar-refractivity contribution >= 4 is 0 Å². The first-order valence-corrected chi connectivity index (χ1v) is 5.52. The number of nitrogens with two attached hydrogens (primary N) is 1. The lowest BCUT2D eigenvalue weighted by Crippen LogP contribution is -2.06. The van der Waals surface area contributed by atoms with Crippen molar-refractivity contribution in [3.8, 4) is 0 Å². The minimum atomic E-state index is 0.250. The van der Waals surface area contributed by atoms with Gasteiger partial charge >= 0.3 is 0 Å². The van der Waals surface area contributed by atoms with Gasteiger partial charge in [0.05, 0.1) is 19.8 Å². The highest BCUT2D eigenvalue weighted by molar-refractivity contribution is 4.82. The van der Waals surface area contributed by atoms with E-state index in [1.54, 1.807) is 7.11 Å². The van der Waals surface area contributed by atoms with Crippen LogP contribution in [0.15, 0.2) is 4.52 Å². The van der Waals surface area contributed by atoms with E-state index in [1.807, 2.05) is 0 Å². The van der Waals surface area contributed by atoms with Gasteiger partial charge in [-0.2, -0.15) is 4.98 Å². The number of hydrogen-bond donors (Lipinski definition) is 1. The van der Waals surface area contributed by atoms with Crippen LogP contribution in [0.2, 0.25) is 0 Å². The number of rotatable bonds is 10. The lowest BCUT2D eigenvalue weighted by atomic mass is 10.5. The van der Waals surface area contributed by atoms with Gasteiger partial charge in [-0.1, -0.05) is 5.16 Å². The summed E-state index contributed by atoms with van der Waals surface area (Å²) < 4.78 is 20.3. The van der Waals surface area contributed by atoms with Crippen molar-refractivity contribution in [1.82, 2.24) is 10.1 Å². The number of nitrogens with zero attached hydrogens (tertiary/aromatic N) is 2. The second kappa shape index (κ2) is 9.06. The quantitative estimate of drug-likeness (QED) is 0.584. The van der Waals surface area contributed by atoms with Gasteiger partial charge < -0.3 is 24.5 Å². The van der Waals surface area contributed by atoms with E-state index in [0.717, 1.165) is 6.42 Å². The summed E-state index contributed by atoms with van der Waals surface area (Å²) in [4.78, 5) is 4.01. The average molecular weight is 245 g/mol. The summed E-state index contributed by atoms with van der Waals surface area (Å²) >= 11 is 0. The Bertz CT molecular complexity index is 293. The summed E-state index contributed by atoms with van der Waals surface area (Å²) in [5.41, 5.74) is 5.33. The SMILES string of the molecule is COCCOCCCOCc1noc(CN)n1. The van der Waals surface area contributed by atoms with Crippen molar-refractivity contribution in [3.63, 3.8) is 0 Å². The third-order valence-corrected chi connectivity index (χ3v) is 1.93. The van der Waals surface area contributed by atoms with Gasteiger partial charge in [0.15, 0.2) is 5.82 Å². The van der Waals surface area contributed by atoms with Crippen molar-refractivity contribution in [2.45, 2.75) is 19.6 Å². The van der Waals surface area contributed by atoms with E-state index < -0.39 is 0 Å². The molecule has 98 valence electrons. The molecule has 0 fully saturated rings. The van der Waals surface area contributed by atoms with Crippen LogP contribution in [0.25, 0.3) is 0 Å². The Balaban J connectivity index is 1.93. The summed E-state index contributed by atoms with van der Waals surface area (Å²) in [6, 6.07) is 0. The van der Waals surface area contributed by atoms with Crippen molar-refractivity contribution < 1.29 is 18.7 Å². The molecule has 17 heavy (non-hydrogen) atoms. The van der Waals surface area contributed by atoms with Crippen molar-refractivity contribution in [2.75, 3.05) is 33.5 Å². The van der Waals surface area contributed by atoms with E-state index in [9.17, 15) is 0 Å². The Morgan fingerprint density at radius 2 is 2.00 bits per heavy atom. The number of hydrogen-bond acceptors (Lipinski definition) is 7. The normalized spacial score (nSPS) is 10.9. The monoisotopic (exact) mass is 245 g/mol. The first-order valence-electron chi connectivity index (χ1n) is 5.52. The zero-order chi connectivity index (χ0) is 12.3. The van der Waals surface area contributed by atoms with E-state index in [4.69, 9.17) is 24.5 Å². The molecule has 0 aromatic carbocycles. The molecule has 7 heteroatoms. The van der Waals surface area contributed by atoms with Crippen molar-refractivity contribution in [3.05, 3.63) is 11.7 Å². The Labute approximate surface area is 100 Å². The molecule has 1 aromatic heterocycles. The Kier molecular flexibility index (Phi) is 7.48. The maximum Gasteiger partial charge on any atom is 0.240 e. The molecular formula is C10H19N3O4. The molecule has 0 unspecified atom stereocenters. The molecule has 0 saturated heterocycles. The topological polar surface area (TPSA) is 92.6 Å². The van der Waals surface area contributed by atoms with Gasteiger partial charge in [0, 0.05) is 20.3 Å². The van der Waals surface area contributed by atoms with Crippen molar-refractivity contribution in [2.24, 2.45) is 5.73 Å². The Hall–Kier alpha value is -1.02. The van der Waals surface area contributed by atoms with Gasteiger partial charge in [-0.05, 0) is 6.42 Å². The fraction of sp³-hybridized carbons (Fsp3) is 0.800. The second-order valence-corrected chi connectivity index (χ2v) is 3.32. The largest absolute Gasteiger partial charge is 0.382 e. The fourth-order valence-corrected chi connectivity index (χ4v) is 1.10. The van der Waals surface area contributed by atoms with Crippen LogP contribution < -0.4 is 5.73 Å². The van der Waals surface area contributed by atoms with Crippen LogP contribution in [-0.4, -0.2) is 43.7 Å². The summed E-state index contributed by atoms with van der Waals surface area (Å²) in [7, 11) is 1.65. The van der Waals surface area contributed by atoms with Crippen LogP contribution in [0.4, 0.5) is 0 Å². The molecule has 1 aromatic rings. The highest BCUT2D eigenvalue weighted by Crippen LogP contribution is 1.98. The number of ether oxygens (including phenoxy) is 3. The zero-order valence-electron chi connectivity index (χ0n) is 10.1. The van der Waals surface area contributed by atoms with Gasteiger partial charge in [0.1, 0.15) is 6.61 Å². The van der Waals surface area contributed by atoms with Gasteiger partial charge in [-0.3, -0.25) is 0 Å². The average Bonchev–Trinajstić information content (AvgIpc) is 2.80. The minimum Gasteiger partial charge on any atom is -0.382 e. The third kappa shape index (κ3) is 6.32. The molecule has 0 radical (unpaired) electrons. The predicted molar refractivity (Wildman–Crippen MR) is 59.2 cm³/mol. The molecule has 1 rings (SSSR count). The van der Waals surface area contributed by atoms with Gasteiger partial charge in [-0.15, -0.1) is 0 Å². The van der Waals surface area contributed by atoms with Crippen LogP contribution in [0, 0.1) is 0 Å². The molecule has 0 atom stereocenters. The van der Waals surface area contributed by atoms with Crippen LogP contribution in [-0.2, 0) is 27.4 Å². The van der Waals surface area contributed by atoms with Crippen LogP contribution in [0.5, 0.6) is 0 Å². The zero-order valence-corrected chi connectivity index (χ0v) is 10.1.